The summed E-state index contributed by atoms with van der Waals surface area (Å²) in [6.45, 7) is 0. The zero-order chi connectivity index (χ0) is 9.84. The maximum absolute atomic E-state index is 12.7. The topological polar surface area (TPSA) is 46.3 Å². The standard InChI is InChI=1S/C9H11FN2O/c1-12(11)9(13)6-7-3-2-4-8(10)5-7/h2-5H,6,11H2,1H3. The number of hydrogen-bond acceptors (Lipinski definition) is 2. The molecule has 0 saturated heterocycles. The molecule has 1 amide bonds. The highest BCUT2D eigenvalue weighted by Crippen LogP contribution is 2.04. The van der Waals surface area contributed by atoms with Crippen LogP contribution < -0.4 is 5.84 Å². The van der Waals surface area contributed by atoms with Gasteiger partial charge in [0.25, 0.3) is 0 Å². The van der Waals surface area contributed by atoms with Gasteiger partial charge in [-0.15, -0.1) is 0 Å². The number of nitrogens with zero attached hydrogens (tertiary/aromatic N) is 1. The number of nitrogens with two attached hydrogens (primary N) is 1. The molecule has 0 atom stereocenters. The molecule has 13 heavy (non-hydrogen) atoms. The first-order valence-corrected chi connectivity index (χ1v) is 3.85. The second-order valence-corrected chi connectivity index (χ2v) is 2.81. The molecule has 0 saturated carbocycles. The van der Waals surface area contributed by atoms with Crippen molar-refractivity contribution in [1.82, 2.24) is 5.01 Å². The number of likely N-dealkylation sites (N-methyl/N-ethyl adjacent to an activating group) is 1. The molecule has 0 bridgehead atoms. The lowest BCUT2D eigenvalue weighted by molar-refractivity contribution is -0.129. The molecular weight excluding hydrogens is 171 g/mol. The van der Waals surface area contributed by atoms with Crippen molar-refractivity contribution in [1.29, 1.82) is 0 Å². The third-order valence-electron chi connectivity index (χ3n) is 1.64. The summed E-state index contributed by atoms with van der Waals surface area (Å²) in [7, 11) is 1.46. The third-order valence-corrected chi connectivity index (χ3v) is 1.64. The molecule has 1 aromatic carbocycles. The van der Waals surface area contributed by atoms with Gasteiger partial charge >= 0.3 is 0 Å². The normalized spacial score (nSPS) is 9.77. The number of carbonyl (C=O) groups is 1. The fourth-order valence-electron chi connectivity index (χ4n) is 0.946. The van der Waals surface area contributed by atoms with Crippen molar-refractivity contribution in [3.8, 4) is 0 Å². The van der Waals surface area contributed by atoms with E-state index in [0.29, 0.717) is 5.56 Å². The lowest BCUT2D eigenvalue weighted by Gasteiger charge is -2.09. The van der Waals surface area contributed by atoms with Crippen LogP contribution in [0.1, 0.15) is 5.56 Å². The van der Waals surface area contributed by atoms with E-state index in [9.17, 15) is 9.18 Å². The maximum atomic E-state index is 12.7. The quantitative estimate of drug-likeness (QED) is 0.416. The van der Waals surface area contributed by atoms with Crippen molar-refractivity contribution in [2.24, 2.45) is 5.84 Å². The van der Waals surface area contributed by atoms with E-state index in [2.05, 4.69) is 0 Å². The van der Waals surface area contributed by atoms with Crippen molar-refractivity contribution < 1.29 is 9.18 Å². The highest BCUT2D eigenvalue weighted by molar-refractivity contribution is 5.77. The highest BCUT2D eigenvalue weighted by atomic mass is 19.1. The smallest absolute Gasteiger partial charge is 0.240 e. The Labute approximate surface area is 75.9 Å². The Morgan fingerprint density at radius 1 is 1.62 bits per heavy atom. The fraction of sp³-hybridized carbons (Fsp3) is 0.222. The van der Waals surface area contributed by atoms with Crippen molar-refractivity contribution in [3.05, 3.63) is 35.6 Å². The summed E-state index contributed by atoms with van der Waals surface area (Å²) >= 11 is 0. The van der Waals surface area contributed by atoms with Crippen molar-refractivity contribution >= 4 is 5.91 Å². The molecule has 0 unspecified atom stereocenters. The Morgan fingerprint density at radius 2 is 2.31 bits per heavy atom. The average Bonchev–Trinajstić information content (AvgIpc) is 2.04. The SMILES string of the molecule is CN(N)C(=O)Cc1cccc(F)c1. The van der Waals surface area contributed by atoms with Crippen LogP contribution in [0.4, 0.5) is 4.39 Å². The van der Waals surface area contributed by atoms with Crippen LogP contribution in [0.3, 0.4) is 0 Å². The summed E-state index contributed by atoms with van der Waals surface area (Å²) in [5.41, 5.74) is 0.627. The van der Waals surface area contributed by atoms with Gasteiger partial charge in [0.15, 0.2) is 0 Å². The van der Waals surface area contributed by atoms with Crippen LogP contribution in [0.25, 0.3) is 0 Å². The number of hydrogen-bond donors (Lipinski definition) is 1. The predicted molar refractivity (Wildman–Crippen MR) is 47.1 cm³/mol. The summed E-state index contributed by atoms with van der Waals surface area (Å²) in [4.78, 5) is 11.1. The molecule has 4 heteroatoms. The number of halogens is 1. The molecule has 0 spiro atoms. The summed E-state index contributed by atoms with van der Waals surface area (Å²) in [6, 6.07) is 5.90. The first kappa shape index (κ1) is 9.67. The minimum Gasteiger partial charge on any atom is -0.284 e. The van der Waals surface area contributed by atoms with Gasteiger partial charge in [-0.25, -0.2) is 10.2 Å². The van der Waals surface area contributed by atoms with E-state index in [4.69, 9.17) is 5.84 Å². The largest absolute Gasteiger partial charge is 0.284 e. The van der Waals surface area contributed by atoms with Crippen LogP contribution in [0.15, 0.2) is 24.3 Å². The lowest BCUT2D eigenvalue weighted by Crippen LogP contribution is -2.34. The van der Waals surface area contributed by atoms with E-state index in [0.717, 1.165) is 5.01 Å². The van der Waals surface area contributed by atoms with Gasteiger partial charge < -0.3 is 0 Å². The van der Waals surface area contributed by atoms with Gasteiger partial charge in [-0.3, -0.25) is 9.80 Å². The zero-order valence-electron chi connectivity index (χ0n) is 7.33. The van der Waals surface area contributed by atoms with Crippen LogP contribution in [0.2, 0.25) is 0 Å². The maximum Gasteiger partial charge on any atom is 0.240 e. The molecule has 0 radical (unpaired) electrons. The molecule has 1 rings (SSSR count). The second kappa shape index (κ2) is 4.00. The molecule has 2 N–H and O–H groups in total. The molecule has 0 aliphatic carbocycles. The Morgan fingerprint density at radius 3 is 2.85 bits per heavy atom. The second-order valence-electron chi connectivity index (χ2n) is 2.81. The van der Waals surface area contributed by atoms with Gasteiger partial charge in [-0.2, -0.15) is 0 Å². The first-order valence-electron chi connectivity index (χ1n) is 3.85. The molecule has 0 aliphatic heterocycles. The van der Waals surface area contributed by atoms with Gasteiger partial charge in [0.2, 0.25) is 5.91 Å². The Balaban J connectivity index is 2.69. The molecule has 0 heterocycles. The molecule has 1 aromatic rings. The van der Waals surface area contributed by atoms with Crippen LogP contribution in [-0.2, 0) is 11.2 Å². The Kier molecular flexibility index (Phi) is 2.97. The minimum atomic E-state index is -0.343. The number of carbonyl (C=O) groups excluding carboxylic acids is 1. The number of hydrazine groups is 1. The van der Waals surface area contributed by atoms with Crippen LogP contribution in [0.5, 0.6) is 0 Å². The molecule has 3 nitrogen and oxygen atoms in total. The van der Waals surface area contributed by atoms with E-state index >= 15 is 0 Å². The van der Waals surface area contributed by atoms with E-state index in [1.807, 2.05) is 0 Å². The van der Waals surface area contributed by atoms with Crippen molar-refractivity contribution in [3.63, 3.8) is 0 Å². The highest BCUT2D eigenvalue weighted by Gasteiger charge is 2.05. The van der Waals surface area contributed by atoms with Crippen molar-refractivity contribution in [2.75, 3.05) is 7.05 Å². The summed E-state index contributed by atoms with van der Waals surface area (Å²) in [5.74, 6) is 4.62. The Hall–Kier alpha value is -1.42. The molecule has 0 aliphatic rings. The Bertz CT molecular complexity index is 312. The molecule has 70 valence electrons. The van der Waals surface area contributed by atoms with E-state index < -0.39 is 0 Å². The number of rotatable bonds is 2. The van der Waals surface area contributed by atoms with E-state index in [1.54, 1.807) is 12.1 Å². The summed E-state index contributed by atoms with van der Waals surface area (Å²) < 4.78 is 12.7. The van der Waals surface area contributed by atoms with Crippen LogP contribution >= 0.6 is 0 Å². The van der Waals surface area contributed by atoms with Gasteiger partial charge in [0.1, 0.15) is 5.82 Å². The fourth-order valence-corrected chi connectivity index (χ4v) is 0.946. The molecular formula is C9H11FN2O. The van der Waals surface area contributed by atoms with Crippen molar-refractivity contribution in [2.45, 2.75) is 6.42 Å². The van der Waals surface area contributed by atoms with Crippen LogP contribution in [-0.4, -0.2) is 18.0 Å². The minimum absolute atomic E-state index is 0.130. The predicted octanol–water partition coefficient (Wildman–Crippen LogP) is 0.700. The monoisotopic (exact) mass is 182 g/mol. The van der Waals surface area contributed by atoms with Gasteiger partial charge in [-0.1, -0.05) is 12.1 Å². The summed E-state index contributed by atoms with van der Waals surface area (Å²) in [5, 5.41) is 0.991. The molecule has 0 aromatic heterocycles. The lowest BCUT2D eigenvalue weighted by atomic mass is 10.1. The van der Waals surface area contributed by atoms with E-state index in [-0.39, 0.29) is 18.1 Å². The zero-order valence-corrected chi connectivity index (χ0v) is 7.33. The van der Waals surface area contributed by atoms with Gasteiger partial charge in [0.05, 0.1) is 6.42 Å². The third kappa shape index (κ3) is 2.83. The van der Waals surface area contributed by atoms with Crippen LogP contribution in [0, 0.1) is 5.82 Å². The van der Waals surface area contributed by atoms with Gasteiger partial charge in [0, 0.05) is 7.05 Å². The summed E-state index contributed by atoms with van der Waals surface area (Å²) in [6.07, 6.45) is 0.130. The van der Waals surface area contributed by atoms with Gasteiger partial charge in [-0.05, 0) is 17.7 Å². The van der Waals surface area contributed by atoms with E-state index in [1.165, 1.54) is 19.2 Å². The number of amides is 1. The number of benzene rings is 1. The average molecular weight is 182 g/mol. The molecule has 0 fully saturated rings. The first-order chi connectivity index (χ1) is 6.09.